The molecule has 0 amide bonds. The Morgan fingerprint density at radius 1 is 1.50 bits per heavy atom. The summed E-state index contributed by atoms with van der Waals surface area (Å²) in [5.41, 5.74) is 1.42. The molecule has 0 saturated carbocycles. The van der Waals surface area contributed by atoms with Gasteiger partial charge in [0, 0.05) is 12.3 Å². The Hall–Kier alpha value is -1.29. The number of halogens is 1. The number of thioether (sulfide) groups is 1. The van der Waals surface area contributed by atoms with E-state index in [9.17, 15) is 0 Å². The number of benzene rings is 1. The molecule has 2 nitrogen and oxygen atoms in total. The van der Waals surface area contributed by atoms with E-state index in [1.54, 1.807) is 23.9 Å². The standard InChI is InChI=1S/C12H11ClN2S/c1-2-6-16-7-5-15-12-4-3-10(9-14)8-11(12)13/h1,3-4,8,15H,5-7H2. The molecule has 16 heavy (non-hydrogen) atoms. The molecule has 0 heterocycles. The molecule has 0 aliphatic rings. The molecule has 0 aromatic heterocycles. The SMILES string of the molecule is C#CCSCCNc1ccc(C#N)cc1Cl. The van der Waals surface area contributed by atoms with Crippen LogP contribution in [0.5, 0.6) is 0 Å². The zero-order valence-electron chi connectivity index (χ0n) is 8.66. The maximum absolute atomic E-state index is 8.67. The quantitative estimate of drug-likeness (QED) is 0.645. The van der Waals surface area contributed by atoms with Crippen molar-refractivity contribution in [2.75, 3.05) is 23.4 Å². The number of nitrogens with one attached hydrogen (secondary N) is 1. The lowest BCUT2D eigenvalue weighted by atomic mass is 10.2. The minimum atomic E-state index is 0.567. The molecule has 0 saturated heterocycles. The summed E-state index contributed by atoms with van der Waals surface area (Å²) in [6.45, 7) is 0.804. The van der Waals surface area contributed by atoms with E-state index in [1.165, 1.54) is 0 Å². The van der Waals surface area contributed by atoms with Crippen LogP contribution in [-0.2, 0) is 0 Å². The molecule has 0 aliphatic heterocycles. The summed E-state index contributed by atoms with van der Waals surface area (Å²) in [6, 6.07) is 7.24. The number of rotatable bonds is 5. The third-order valence-electron chi connectivity index (χ3n) is 1.85. The number of nitriles is 1. The van der Waals surface area contributed by atoms with Gasteiger partial charge in [-0.3, -0.25) is 0 Å². The summed E-state index contributed by atoms with van der Waals surface area (Å²) in [5, 5.41) is 12.4. The van der Waals surface area contributed by atoms with Gasteiger partial charge in [0.2, 0.25) is 0 Å². The van der Waals surface area contributed by atoms with Crippen LogP contribution in [0.3, 0.4) is 0 Å². The van der Waals surface area contributed by atoms with Crippen molar-refractivity contribution in [3.63, 3.8) is 0 Å². The van der Waals surface area contributed by atoms with E-state index in [-0.39, 0.29) is 0 Å². The molecule has 0 radical (unpaired) electrons. The monoisotopic (exact) mass is 250 g/mol. The van der Waals surface area contributed by atoms with Gasteiger partial charge in [-0.25, -0.2) is 0 Å². The van der Waals surface area contributed by atoms with Crippen molar-refractivity contribution in [2.24, 2.45) is 0 Å². The van der Waals surface area contributed by atoms with E-state index in [0.29, 0.717) is 10.6 Å². The molecule has 0 bridgehead atoms. The van der Waals surface area contributed by atoms with E-state index in [4.69, 9.17) is 23.3 Å². The lowest BCUT2D eigenvalue weighted by molar-refractivity contribution is 1.23. The Labute approximate surface area is 105 Å². The summed E-state index contributed by atoms with van der Waals surface area (Å²) >= 11 is 7.69. The molecule has 0 atom stereocenters. The highest BCUT2D eigenvalue weighted by Gasteiger charge is 2.00. The molecule has 0 spiro atoms. The maximum atomic E-state index is 8.67. The van der Waals surface area contributed by atoms with Gasteiger partial charge in [0.1, 0.15) is 0 Å². The zero-order chi connectivity index (χ0) is 11.8. The van der Waals surface area contributed by atoms with Gasteiger partial charge < -0.3 is 5.32 Å². The molecule has 0 aliphatic carbocycles. The van der Waals surface area contributed by atoms with Gasteiger partial charge in [-0.1, -0.05) is 17.5 Å². The fourth-order valence-corrected chi connectivity index (χ4v) is 1.87. The average molecular weight is 251 g/mol. The Balaban J connectivity index is 2.43. The van der Waals surface area contributed by atoms with Crippen molar-refractivity contribution in [2.45, 2.75) is 0 Å². The van der Waals surface area contributed by atoms with Crippen molar-refractivity contribution in [3.8, 4) is 18.4 Å². The van der Waals surface area contributed by atoms with Crippen LogP contribution in [0.15, 0.2) is 18.2 Å². The molecule has 0 fully saturated rings. The minimum absolute atomic E-state index is 0.567. The maximum Gasteiger partial charge on any atom is 0.0992 e. The summed E-state index contributed by atoms with van der Waals surface area (Å²) in [5.74, 6) is 4.22. The first-order valence-corrected chi connectivity index (χ1v) is 6.26. The van der Waals surface area contributed by atoms with Gasteiger partial charge in [-0.05, 0) is 18.2 Å². The van der Waals surface area contributed by atoms with Crippen molar-refractivity contribution < 1.29 is 0 Å². The number of anilines is 1. The van der Waals surface area contributed by atoms with Crippen molar-refractivity contribution in [3.05, 3.63) is 28.8 Å². The van der Waals surface area contributed by atoms with Crippen LogP contribution in [0.1, 0.15) is 5.56 Å². The molecular weight excluding hydrogens is 240 g/mol. The van der Waals surface area contributed by atoms with Crippen LogP contribution in [0, 0.1) is 23.7 Å². The molecule has 1 aromatic carbocycles. The van der Waals surface area contributed by atoms with Gasteiger partial charge in [-0.2, -0.15) is 5.26 Å². The Morgan fingerprint density at radius 2 is 2.31 bits per heavy atom. The van der Waals surface area contributed by atoms with E-state index in [0.717, 1.165) is 23.7 Å². The first kappa shape index (κ1) is 12.8. The molecule has 0 unspecified atom stereocenters. The smallest absolute Gasteiger partial charge is 0.0992 e. The summed E-state index contributed by atoms with van der Waals surface area (Å²) in [4.78, 5) is 0. The van der Waals surface area contributed by atoms with Crippen molar-refractivity contribution in [1.29, 1.82) is 5.26 Å². The van der Waals surface area contributed by atoms with Gasteiger partial charge in [0.05, 0.1) is 28.1 Å². The van der Waals surface area contributed by atoms with Crippen molar-refractivity contribution in [1.82, 2.24) is 0 Å². The minimum Gasteiger partial charge on any atom is -0.383 e. The van der Waals surface area contributed by atoms with Crippen LogP contribution in [-0.4, -0.2) is 18.1 Å². The van der Waals surface area contributed by atoms with Gasteiger partial charge >= 0.3 is 0 Å². The van der Waals surface area contributed by atoms with E-state index in [2.05, 4.69) is 11.2 Å². The molecule has 1 aromatic rings. The van der Waals surface area contributed by atoms with Gasteiger partial charge in [-0.15, -0.1) is 18.2 Å². The molecule has 1 rings (SSSR count). The second-order valence-electron chi connectivity index (χ2n) is 2.99. The van der Waals surface area contributed by atoms with E-state index >= 15 is 0 Å². The third-order valence-corrected chi connectivity index (χ3v) is 3.02. The first-order valence-electron chi connectivity index (χ1n) is 4.72. The highest BCUT2D eigenvalue weighted by atomic mass is 35.5. The zero-order valence-corrected chi connectivity index (χ0v) is 10.2. The summed E-state index contributed by atoms with van der Waals surface area (Å²) in [6.07, 6.45) is 5.13. The summed E-state index contributed by atoms with van der Waals surface area (Å²) in [7, 11) is 0. The normalized spacial score (nSPS) is 9.19. The molecule has 4 heteroatoms. The van der Waals surface area contributed by atoms with Crippen molar-refractivity contribution >= 4 is 29.1 Å². The molecule has 82 valence electrons. The van der Waals surface area contributed by atoms with Crippen LogP contribution in [0.4, 0.5) is 5.69 Å². The Morgan fingerprint density at radius 3 is 2.94 bits per heavy atom. The second-order valence-corrected chi connectivity index (χ2v) is 4.50. The van der Waals surface area contributed by atoms with Crippen LogP contribution in [0.2, 0.25) is 5.02 Å². The Bertz CT molecular complexity index is 432. The highest BCUT2D eigenvalue weighted by Crippen LogP contribution is 2.22. The third kappa shape index (κ3) is 4.06. The molecular formula is C12H11ClN2S. The van der Waals surface area contributed by atoms with Crippen LogP contribution in [0.25, 0.3) is 0 Å². The van der Waals surface area contributed by atoms with E-state index < -0.39 is 0 Å². The summed E-state index contributed by atoms with van der Waals surface area (Å²) < 4.78 is 0. The lowest BCUT2D eigenvalue weighted by Gasteiger charge is -2.07. The largest absolute Gasteiger partial charge is 0.383 e. The number of terminal acetylenes is 1. The average Bonchev–Trinajstić information content (AvgIpc) is 2.30. The predicted molar refractivity (Wildman–Crippen MR) is 70.8 cm³/mol. The number of hydrogen-bond donors (Lipinski definition) is 1. The molecule has 1 N–H and O–H groups in total. The van der Waals surface area contributed by atoms with Gasteiger partial charge in [0.15, 0.2) is 0 Å². The first-order chi connectivity index (χ1) is 7.77. The second kappa shape index (κ2) is 7.06. The highest BCUT2D eigenvalue weighted by molar-refractivity contribution is 7.99. The number of nitrogens with zero attached hydrogens (tertiary/aromatic N) is 1. The fourth-order valence-electron chi connectivity index (χ4n) is 1.12. The fraction of sp³-hybridized carbons (Fsp3) is 0.250. The van der Waals surface area contributed by atoms with Gasteiger partial charge in [0.25, 0.3) is 0 Å². The Kier molecular flexibility index (Phi) is 5.64. The predicted octanol–water partition coefficient (Wildman–Crippen LogP) is 2.99. The van der Waals surface area contributed by atoms with Crippen LogP contribution >= 0.6 is 23.4 Å². The lowest BCUT2D eigenvalue weighted by Crippen LogP contribution is -2.04. The topological polar surface area (TPSA) is 35.8 Å². The van der Waals surface area contributed by atoms with Crippen LogP contribution < -0.4 is 5.32 Å². The number of hydrogen-bond acceptors (Lipinski definition) is 3. The van der Waals surface area contributed by atoms with E-state index in [1.807, 2.05) is 12.1 Å².